The van der Waals surface area contributed by atoms with Gasteiger partial charge in [0.25, 0.3) is 5.69 Å². The van der Waals surface area contributed by atoms with E-state index in [1.165, 1.54) is 0 Å². The number of rotatable bonds is 3. The summed E-state index contributed by atoms with van der Waals surface area (Å²) >= 11 is 0. The lowest BCUT2D eigenvalue weighted by Gasteiger charge is -2.32. The SMILES string of the molecule is CC1(C)OB([C@H](N)c2cc(F)ccc2[N+](=O)[O-])OC1(C)C. The van der Waals surface area contributed by atoms with Gasteiger partial charge in [-0.3, -0.25) is 10.1 Å². The molecule has 0 aromatic heterocycles. The van der Waals surface area contributed by atoms with Crippen LogP contribution < -0.4 is 5.73 Å². The number of hydrogen-bond acceptors (Lipinski definition) is 5. The van der Waals surface area contributed by atoms with Gasteiger partial charge in [0.2, 0.25) is 0 Å². The van der Waals surface area contributed by atoms with E-state index in [1.54, 1.807) is 0 Å². The number of nitrogens with two attached hydrogens (primary N) is 1. The third-order valence-corrected chi connectivity index (χ3v) is 4.11. The Balaban J connectivity index is 2.36. The van der Waals surface area contributed by atoms with Crippen molar-refractivity contribution in [2.24, 2.45) is 5.73 Å². The van der Waals surface area contributed by atoms with Gasteiger partial charge in [0.15, 0.2) is 0 Å². The van der Waals surface area contributed by atoms with Crippen molar-refractivity contribution < 1.29 is 18.6 Å². The summed E-state index contributed by atoms with van der Waals surface area (Å²) in [5.74, 6) is -1.55. The van der Waals surface area contributed by atoms with E-state index in [1.807, 2.05) is 27.7 Å². The predicted octanol–water partition coefficient (Wildman–Crippen LogP) is 2.37. The van der Waals surface area contributed by atoms with Crippen LogP contribution in [-0.4, -0.2) is 23.2 Å². The Labute approximate surface area is 122 Å². The first kappa shape index (κ1) is 15.9. The quantitative estimate of drug-likeness (QED) is 0.525. The van der Waals surface area contributed by atoms with Crippen LogP contribution in [0.1, 0.15) is 39.2 Å². The summed E-state index contributed by atoms with van der Waals surface area (Å²) < 4.78 is 24.9. The molecule has 1 heterocycles. The molecule has 1 atom stereocenters. The number of benzene rings is 1. The summed E-state index contributed by atoms with van der Waals surface area (Å²) in [5.41, 5.74) is 4.60. The van der Waals surface area contributed by atoms with Crippen molar-refractivity contribution in [3.63, 3.8) is 0 Å². The van der Waals surface area contributed by atoms with Crippen molar-refractivity contribution in [3.8, 4) is 0 Å². The number of nitro benzene ring substituents is 1. The van der Waals surface area contributed by atoms with Crippen LogP contribution in [0.5, 0.6) is 0 Å². The molecule has 21 heavy (non-hydrogen) atoms. The maximum Gasteiger partial charge on any atom is 0.480 e. The second kappa shape index (κ2) is 5.05. The molecule has 1 saturated heterocycles. The van der Waals surface area contributed by atoms with E-state index < -0.39 is 35.0 Å². The molecule has 1 aromatic rings. The Morgan fingerprint density at radius 2 is 1.81 bits per heavy atom. The van der Waals surface area contributed by atoms with Gasteiger partial charge in [-0.25, -0.2) is 4.39 Å². The zero-order chi connectivity index (χ0) is 16.0. The Morgan fingerprint density at radius 1 is 1.29 bits per heavy atom. The molecular weight excluding hydrogens is 278 g/mol. The Morgan fingerprint density at radius 3 is 2.29 bits per heavy atom. The smallest absolute Gasteiger partial charge is 0.402 e. The lowest BCUT2D eigenvalue weighted by molar-refractivity contribution is -0.385. The molecule has 114 valence electrons. The molecule has 0 radical (unpaired) electrons. The van der Waals surface area contributed by atoms with Crippen molar-refractivity contribution in [2.45, 2.75) is 44.8 Å². The third kappa shape index (κ3) is 2.79. The Kier molecular flexibility index (Phi) is 3.81. The fraction of sp³-hybridized carbons (Fsp3) is 0.538. The molecule has 1 fully saturated rings. The zero-order valence-corrected chi connectivity index (χ0v) is 12.4. The van der Waals surface area contributed by atoms with Crippen LogP contribution in [0.4, 0.5) is 10.1 Å². The van der Waals surface area contributed by atoms with Gasteiger partial charge in [0.1, 0.15) is 5.82 Å². The number of nitro groups is 1. The molecule has 0 unspecified atom stereocenters. The maximum atomic E-state index is 13.4. The lowest BCUT2D eigenvalue weighted by Crippen LogP contribution is -2.41. The van der Waals surface area contributed by atoms with E-state index in [-0.39, 0.29) is 11.3 Å². The van der Waals surface area contributed by atoms with Crippen molar-refractivity contribution in [1.82, 2.24) is 0 Å². The second-order valence-electron chi connectivity index (χ2n) is 6.11. The van der Waals surface area contributed by atoms with Crippen LogP contribution in [0.25, 0.3) is 0 Å². The molecule has 0 spiro atoms. The molecular formula is C13H18BFN2O4. The van der Waals surface area contributed by atoms with Crippen LogP contribution in [0.3, 0.4) is 0 Å². The standard InChI is InChI=1S/C13H18BFN2O4/c1-12(2)13(3,4)21-14(20-12)11(16)9-7-8(15)5-6-10(9)17(18)19/h5-7,11H,16H2,1-4H3/t11-/m1/s1. The van der Waals surface area contributed by atoms with Crippen molar-refractivity contribution in [2.75, 3.05) is 0 Å². The number of halogens is 1. The molecule has 8 heteroatoms. The topological polar surface area (TPSA) is 87.6 Å². The van der Waals surface area contributed by atoms with Gasteiger partial charge in [0, 0.05) is 11.6 Å². The van der Waals surface area contributed by atoms with Gasteiger partial charge >= 0.3 is 7.12 Å². The molecule has 0 aliphatic carbocycles. The molecule has 0 bridgehead atoms. The number of hydrogen-bond donors (Lipinski definition) is 1. The van der Waals surface area contributed by atoms with Crippen molar-refractivity contribution in [1.29, 1.82) is 0 Å². The fourth-order valence-corrected chi connectivity index (χ4v) is 2.14. The van der Waals surface area contributed by atoms with Gasteiger partial charge in [-0.15, -0.1) is 0 Å². The zero-order valence-electron chi connectivity index (χ0n) is 12.4. The minimum absolute atomic E-state index is 0.0542. The number of nitrogens with zero attached hydrogens (tertiary/aromatic N) is 1. The average Bonchev–Trinajstić information content (AvgIpc) is 2.57. The summed E-state index contributed by atoms with van der Waals surface area (Å²) in [6.07, 6.45) is 0. The van der Waals surface area contributed by atoms with Gasteiger partial charge in [-0.05, 0) is 39.8 Å². The highest BCUT2D eigenvalue weighted by Crippen LogP contribution is 2.40. The maximum absolute atomic E-state index is 13.4. The largest absolute Gasteiger partial charge is 0.480 e. The minimum atomic E-state index is -0.956. The van der Waals surface area contributed by atoms with E-state index in [0.717, 1.165) is 18.2 Å². The Hall–Kier alpha value is -1.51. The van der Waals surface area contributed by atoms with Gasteiger partial charge < -0.3 is 15.0 Å². The fourth-order valence-electron chi connectivity index (χ4n) is 2.14. The van der Waals surface area contributed by atoms with Crippen LogP contribution in [-0.2, 0) is 9.31 Å². The molecule has 0 saturated carbocycles. The van der Waals surface area contributed by atoms with E-state index >= 15 is 0 Å². The summed E-state index contributed by atoms with van der Waals surface area (Å²) in [7, 11) is -0.879. The first-order valence-corrected chi connectivity index (χ1v) is 6.60. The van der Waals surface area contributed by atoms with Gasteiger partial charge in [-0.2, -0.15) is 0 Å². The minimum Gasteiger partial charge on any atom is -0.402 e. The summed E-state index contributed by atoms with van der Waals surface area (Å²) in [6.45, 7) is 7.39. The molecule has 6 nitrogen and oxygen atoms in total. The van der Waals surface area contributed by atoms with E-state index in [0.29, 0.717) is 0 Å². The second-order valence-corrected chi connectivity index (χ2v) is 6.11. The van der Waals surface area contributed by atoms with Crippen LogP contribution in [0, 0.1) is 15.9 Å². The molecule has 0 amide bonds. The van der Waals surface area contributed by atoms with E-state index in [9.17, 15) is 14.5 Å². The van der Waals surface area contributed by atoms with Crippen molar-refractivity contribution in [3.05, 3.63) is 39.7 Å². The molecule has 1 aliphatic rings. The van der Waals surface area contributed by atoms with Crippen molar-refractivity contribution >= 4 is 12.8 Å². The van der Waals surface area contributed by atoms with Crippen LogP contribution in [0.15, 0.2) is 18.2 Å². The highest BCUT2D eigenvalue weighted by molar-refractivity contribution is 6.47. The van der Waals surface area contributed by atoms with E-state index in [4.69, 9.17) is 15.0 Å². The molecule has 1 aliphatic heterocycles. The normalized spacial score (nSPS) is 21.3. The lowest BCUT2D eigenvalue weighted by atomic mass is 9.74. The monoisotopic (exact) mass is 296 g/mol. The summed E-state index contributed by atoms with van der Waals surface area (Å²) in [4.78, 5) is 10.5. The van der Waals surface area contributed by atoms with Crippen LogP contribution >= 0.6 is 0 Å². The average molecular weight is 296 g/mol. The highest BCUT2D eigenvalue weighted by Gasteiger charge is 2.54. The molecule has 1 aromatic carbocycles. The first-order valence-electron chi connectivity index (χ1n) is 6.60. The third-order valence-electron chi connectivity index (χ3n) is 4.11. The summed E-state index contributed by atoms with van der Waals surface area (Å²) in [6, 6.07) is 3.17. The first-order chi connectivity index (χ1) is 9.55. The highest BCUT2D eigenvalue weighted by atomic mass is 19.1. The van der Waals surface area contributed by atoms with Gasteiger partial charge in [0.05, 0.1) is 22.1 Å². The predicted molar refractivity (Wildman–Crippen MR) is 76.1 cm³/mol. The van der Waals surface area contributed by atoms with Crippen LogP contribution in [0.2, 0.25) is 0 Å². The van der Waals surface area contributed by atoms with E-state index in [2.05, 4.69) is 0 Å². The Bertz CT molecular complexity index is 563. The summed E-state index contributed by atoms with van der Waals surface area (Å²) in [5, 5.41) is 11.1. The van der Waals surface area contributed by atoms with Gasteiger partial charge in [-0.1, -0.05) is 0 Å². The molecule has 2 rings (SSSR count). The molecule has 2 N–H and O–H groups in total.